The summed E-state index contributed by atoms with van der Waals surface area (Å²) in [7, 11) is -1.52. The Morgan fingerprint density at radius 3 is 2.07 bits per heavy atom. The summed E-state index contributed by atoms with van der Waals surface area (Å²) in [5.74, 6) is -0.449. The van der Waals surface area contributed by atoms with Gasteiger partial charge in [0, 0.05) is 33.7 Å². The number of nitrogens with one attached hydrogen (secondary N) is 1. The van der Waals surface area contributed by atoms with Crippen molar-refractivity contribution in [1.29, 1.82) is 0 Å². The Bertz CT molecular complexity index is 1570. The lowest BCUT2D eigenvalue weighted by Gasteiger charge is -2.34. The molecule has 0 unspecified atom stereocenters. The van der Waals surface area contributed by atoms with E-state index in [1.165, 1.54) is 61.6 Å². The highest BCUT2D eigenvalue weighted by atomic mass is 35.5. The Balaban J connectivity index is 2.12. The third-order valence-electron chi connectivity index (χ3n) is 7.08. The number of methoxy groups -OCH3 is 2. The molecule has 0 aliphatic rings. The van der Waals surface area contributed by atoms with Crippen LogP contribution in [0.2, 0.25) is 15.1 Å². The van der Waals surface area contributed by atoms with Crippen LogP contribution in [0.5, 0.6) is 11.5 Å². The zero-order chi connectivity index (χ0) is 32.6. The number of carbonyl (C=O) groups excluding carboxylic acids is 2. The molecule has 0 spiro atoms. The number of rotatable bonds is 14. The molecule has 13 heteroatoms. The molecule has 9 nitrogen and oxygen atoms in total. The van der Waals surface area contributed by atoms with Crippen molar-refractivity contribution in [2.45, 2.75) is 57.1 Å². The number of amides is 2. The molecule has 238 valence electrons. The molecule has 44 heavy (non-hydrogen) atoms. The van der Waals surface area contributed by atoms with Gasteiger partial charge >= 0.3 is 0 Å². The Labute approximate surface area is 274 Å². The maximum Gasteiger partial charge on any atom is 0.264 e. The first-order valence-electron chi connectivity index (χ1n) is 13.9. The van der Waals surface area contributed by atoms with Crippen LogP contribution in [0.25, 0.3) is 0 Å². The molecule has 0 saturated carbocycles. The van der Waals surface area contributed by atoms with E-state index >= 15 is 0 Å². The van der Waals surface area contributed by atoms with E-state index in [0.717, 1.165) is 4.31 Å². The molecule has 0 aromatic heterocycles. The normalized spacial score (nSPS) is 12.6. The van der Waals surface area contributed by atoms with Gasteiger partial charge in [-0.25, -0.2) is 8.42 Å². The van der Waals surface area contributed by atoms with Gasteiger partial charge in [0.2, 0.25) is 11.8 Å². The molecular weight excluding hydrogens is 649 g/mol. The first kappa shape index (κ1) is 35.3. The van der Waals surface area contributed by atoms with Crippen LogP contribution < -0.4 is 19.1 Å². The molecule has 0 bridgehead atoms. The molecule has 2 amide bonds. The fraction of sp³-hybridized carbons (Fsp3) is 0.355. The number of hydrogen-bond acceptors (Lipinski definition) is 6. The second kappa shape index (κ2) is 15.7. The van der Waals surface area contributed by atoms with Crippen LogP contribution in [-0.4, -0.2) is 58.0 Å². The largest absolute Gasteiger partial charge is 0.493 e. The van der Waals surface area contributed by atoms with Gasteiger partial charge < -0.3 is 19.7 Å². The Kier molecular flexibility index (Phi) is 12.6. The second-order valence-corrected chi connectivity index (χ2v) is 13.1. The smallest absolute Gasteiger partial charge is 0.264 e. The van der Waals surface area contributed by atoms with Crippen molar-refractivity contribution in [3.8, 4) is 11.5 Å². The van der Waals surface area contributed by atoms with E-state index in [0.29, 0.717) is 32.8 Å². The third kappa shape index (κ3) is 8.50. The first-order valence-corrected chi connectivity index (χ1v) is 16.5. The maximum atomic E-state index is 14.2. The van der Waals surface area contributed by atoms with Crippen LogP contribution in [0.15, 0.2) is 65.6 Å². The van der Waals surface area contributed by atoms with Gasteiger partial charge in [0.25, 0.3) is 10.0 Å². The van der Waals surface area contributed by atoms with Gasteiger partial charge in [-0.2, -0.15) is 0 Å². The van der Waals surface area contributed by atoms with Gasteiger partial charge in [-0.1, -0.05) is 54.7 Å². The highest BCUT2D eigenvalue weighted by Gasteiger charge is 2.34. The molecule has 3 rings (SSSR count). The molecule has 0 aliphatic carbocycles. The zero-order valence-corrected chi connectivity index (χ0v) is 28.2. The van der Waals surface area contributed by atoms with E-state index in [1.54, 1.807) is 25.1 Å². The average Bonchev–Trinajstić information content (AvgIpc) is 3.00. The van der Waals surface area contributed by atoms with Gasteiger partial charge in [0.1, 0.15) is 12.6 Å². The molecular formula is C31H36Cl3N3O6S. The van der Waals surface area contributed by atoms with Crippen molar-refractivity contribution in [2.24, 2.45) is 0 Å². The van der Waals surface area contributed by atoms with Gasteiger partial charge in [-0.15, -0.1) is 0 Å². The highest BCUT2D eigenvalue weighted by Crippen LogP contribution is 2.33. The molecule has 2 atom stereocenters. The molecule has 0 fully saturated rings. The number of nitrogens with zero attached hydrogens (tertiary/aromatic N) is 2. The summed E-state index contributed by atoms with van der Waals surface area (Å²) in [6, 6.07) is 14.0. The minimum atomic E-state index is -4.35. The van der Waals surface area contributed by atoms with Gasteiger partial charge in [0.15, 0.2) is 11.5 Å². The first-order chi connectivity index (χ1) is 20.9. The van der Waals surface area contributed by atoms with E-state index in [2.05, 4.69) is 5.32 Å². The predicted octanol–water partition coefficient (Wildman–Crippen LogP) is 6.58. The van der Waals surface area contributed by atoms with Crippen LogP contribution >= 0.6 is 34.8 Å². The minimum Gasteiger partial charge on any atom is -0.493 e. The van der Waals surface area contributed by atoms with E-state index < -0.39 is 28.5 Å². The third-order valence-corrected chi connectivity index (χ3v) is 9.69. The van der Waals surface area contributed by atoms with Crippen LogP contribution in [0.3, 0.4) is 0 Å². The number of ether oxygens (including phenoxy) is 2. The van der Waals surface area contributed by atoms with Crippen LogP contribution in [0.4, 0.5) is 5.69 Å². The Morgan fingerprint density at radius 2 is 1.50 bits per heavy atom. The number of sulfonamides is 1. The van der Waals surface area contributed by atoms with Crippen LogP contribution in [0.1, 0.15) is 39.2 Å². The standard InChI is InChI=1S/C31H36Cl3N3O6S/c1-6-20(3)35-31(39)27(7-2)36(18-21-8-9-23(33)16-26(21)34)30(38)19-37(24-12-10-22(32)11-13-24)44(40,41)25-14-15-28(42-4)29(17-25)43-5/h8-17,20,27H,6-7,18-19H2,1-5H3,(H,35,39)/t20-,27-/m0/s1. The fourth-order valence-electron chi connectivity index (χ4n) is 4.43. The summed E-state index contributed by atoms with van der Waals surface area (Å²) in [6.07, 6.45) is 0.954. The van der Waals surface area contributed by atoms with Crippen molar-refractivity contribution < 1.29 is 27.5 Å². The summed E-state index contributed by atoms with van der Waals surface area (Å²) in [6.45, 7) is 4.89. The fourth-order valence-corrected chi connectivity index (χ4v) is 6.46. The molecule has 0 radical (unpaired) electrons. The molecule has 0 saturated heterocycles. The van der Waals surface area contributed by atoms with E-state index in [4.69, 9.17) is 44.3 Å². The average molecular weight is 685 g/mol. The van der Waals surface area contributed by atoms with Crippen molar-refractivity contribution in [1.82, 2.24) is 10.2 Å². The van der Waals surface area contributed by atoms with Crippen molar-refractivity contribution in [2.75, 3.05) is 25.1 Å². The Hall–Kier alpha value is -3.18. The molecule has 1 N–H and O–H groups in total. The number of carbonyl (C=O) groups is 2. The predicted molar refractivity (Wildman–Crippen MR) is 175 cm³/mol. The maximum absolute atomic E-state index is 14.2. The summed E-state index contributed by atoms with van der Waals surface area (Å²) in [5.41, 5.74) is 0.735. The number of benzene rings is 3. The summed E-state index contributed by atoms with van der Waals surface area (Å²) in [4.78, 5) is 28.9. The number of hydrogen-bond donors (Lipinski definition) is 1. The highest BCUT2D eigenvalue weighted by molar-refractivity contribution is 7.92. The monoisotopic (exact) mass is 683 g/mol. The zero-order valence-electron chi connectivity index (χ0n) is 25.1. The Morgan fingerprint density at radius 1 is 0.864 bits per heavy atom. The van der Waals surface area contributed by atoms with Crippen LogP contribution in [0, 0.1) is 0 Å². The minimum absolute atomic E-state index is 0.0634. The van der Waals surface area contributed by atoms with E-state index in [9.17, 15) is 18.0 Å². The second-order valence-electron chi connectivity index (χ2n) is 10.0. The summed E-state index contributed by atoms with van der Waals surface area (Å²) >= 11 is 18.7. The number of halogens is 3. The van der Waals surface area contributed by atoms with Gasteiger partial charge in [-0.05, 0) is 73.9 Å². The van der Waals surface area contributed by atoms with E-state index in [-0.39, 0.29) is 41.2 Å². The summed E-state index contributed by atoms with van der Waals surface area (Å²) < 4.78 is 39.9. The van der Waals surface area contributed by atoms with Gasteiger partial charge in [0.05, 0.1) is 24.8 Å². The van der Waals surface area contributed by atoms with E-state index in [1.807, 2.05) is 13.8 Å². The topological polar surface area (TPSA) is 105 Å². The van der Waals surface area contributed by atoms with Gasteiger partial charge in [-0.3, -0.25) is 13.9 Å². The lowest BCUT2D eigenvalue weighted by molar-refractivity contribution is -0.140. The molecule has 0 aliphatic heterocycles. The quantitative estimate of drug-likeness (QED) is 0.206. The molecule has 3 aromatic carbocycles. The lowest BCUT2D eigenvalue weighted by Crippen LogP contribution is -2.53. The SMILES string of the molecule is CC[C@H](C)NC(=O)[C@H](CC)N(Cc1ccc(Cl)cc1Cl)C(=O)CN(c1ccc(Cl)cc1)S(=O)(=O)c1ccc(OC)c(OC)c1. The van der Waals surface area contributed by atoms with Crippen molar-refractivity contribution in [3.05, 3.63) is 81.3 Å². The van der Waals surface area contributed by atoms with Crippen molar-refractivity contribution in [3.63, 3.8) is 0 Å². The lowest BCUT2D eigenvalue weighted by atomic mass is 10.1. The molecule has 3 aromatic rings. The summed E-state index contributed by atoms with van der Waals surface area (Å²) in [5, 5.41) is 4.04. The van der Waals surface area contributed by atoms with Crippen molar-refractivity contribution >= 4 is 62.3 Å². The molecule has 0 heterocycles. The van der Waals surface area contributed by atoms with Crippen LogP contribution in [-0.2, 0) is 26.2 Å². The number of anilines is 1.